The Morgan fingerprint density at radius 1 is 1.19 bits per heavy atom. The van der Waals surface area contributed by atoms with Crippen molar-refractivity contribution in [1.29, 1.82) is 0 Å². The summed E-state index contributed by atoms with van der Waals surface area (Å²) >= 11 is 1.58. The van der Waals surface area contributed by atoms with Crippen LogP contribution in [0.15, 0.2) is 58.8 Å². The van der Waals surface area contributed by atoms with E-state index < -0.39 is 16.1 Å². The van der Waals surface area contributed by atoms with Crippen molar-refractivity contribution in [3.8, 4) is 10.6 Å². The number of nitrogens with zero attached hydrogens (tertiary/aromatic N) is 2. The molecule has 1 N–H and O–H groups in total. The minimum atomic E-state index is -3.72. The molecule has 0 bridgehead atoms. The molecule has 0 spiro atoms. The molecule has 168 valence electrons. The fraction of sp³-hybridized carbons (Fsp3) is 0.333. The summed E-state index contributed by atoms with van der Waals surface area (Å²) in [5, 5.41) is 5.87. The van der Waals surface area contributed by atoms with Crippen LogP contribution in [-0.2, 0) is 21.2 Å². The number of amides is 1. The monoisotopic (exact) mass is 469 g/mol. The van der Waals surface area contributed by atoms with Gasteiger partial charge < -0.3 is 5.32 Å². The number of hydrogen-bond donors (Lipinski definition) is 1. The van der Waals surface area contributed by atoms with E-state index >= 15 is 0 Å². The molecule has 1 aliphatic rings. The van der Waals surface area contributed by atoms with E-state index in [2.05, 4.69) is 10.3 Å². The maximum atomic E-state index is 13.3. The molecule has 0 unspecified atom stereocenters. The highest BCUT2D eigenvalue weighted by molar-refractivity contribution is 7.89. The zero-order valence-corrected chi connectivity index (χ0v) is 19.9. The smallest absolute Gasteiger partial charge is 0.244 e. The second-order valence-electron chi connectivity index (χ2n) is 8.09. The van der Waals surface area contributed by atoms with Gasteiger partial charge in [-0.2, -0.15) is 4.31 Å². The van der Waals surface area contributed by atoms with Crippen molar-refractivity contribution in [2.75, 3.05) is 13.1 Å². The van der Waals surface area contributed by atoms with Crippen molar-refractivity contribution in [3.63, 3.8) is 0 Å². The lowest BCUT2D eigenvalue weighted by atomic mass is 10.2. The Kier molecular flexibility index (Phi) is 6.74. The maximum absolute atomic E-state index is 13.3. The zero-order chi connectivity index (χ0) is 22.7. The Morgan fingerprint density at radius 3 is 2.72 bits per heavy atom. The number of rotatable bonds is 7. The van der Waals surface area contributed by atoms with Gasteiger partial charge in [0.25, 0.3) is 0 Å². The van der Waals surface area contributed by atoms with Gasteiger partial charge >= 0.3 is 0 Å². The van der Waals surface area contributed by atoms with Gasteiger partial charge in [0.2, 0.25) is 15.9 Å². The van der Waals surface area contributed by atoms with Crippen molar-refractivity contribution in [1.82, 2.24) is 14.6 Å². The van der Waals surface area contributed by atoms with Crippen molar-refractivity contribution in [2.45, 2.75) is 44.0 Å². The summed E-state index contributed by atoms with van der Waals surface area (Å²) < 4.78 is 27.9. The van der Waals surface area contributed by atoms with Crippen LogP contribution in [0.25, 0.3) is 10.6 Å². The summed E-state index contributed by atoms with van der Waals surface area (Å²) in [6.45, 7) is 4.51. The van der Waals surface area contributed by atoms with Gasteiger partial charge in [-0.1, -0.05) is 48.0 Å². The molecule has 1 atom stereocenters. The molecule has 0 aliphatic carbocycles. The summed E-state index contributed by atoms with van der Waals surface area (Å²) in [6, 6.07) is 14.6. The van der Waals surface area contributed by atoms with Gasteiger partial charge in [-0.05, 0) is 38.3 Å². The fourth-order valence-electron chi connectivity index (χ4n) is 4.07. The molecule has 4 rings (SSSR count). The highest BCUT2D eigenvalue weighted by Crippen LogP contribution is 2.28. The number of carbonyl (C=O) groups excluding carboxylic acids is 1. The molecule has 2 aromatic carbocycles. The SMILES string of the molecule is Cc1ccc(S(=O)(=O)N2CCC[C@@H]2C(=O)NCCc2csc(-c3ccccc3)n2)c(C)c1. The van der Waals surface area contributed by atoms with Crippen molar-refractivity contribution in [2.24, 2.45) is 0 Å². The average molecular weight is 470 g/mol. The zero-order valence-electron chi connectivity index (χ0n) is 18.2. The molecule has 1 aliphatic heterocycles. The third-order valence-corrected chi connectivity index (χ3v) is 8.68. The van der Waals surface area contributed by atoms with E-state index in [1.807, 2.05) is 48.7 Å². The third kappa shape index (κ3) is 4.77. The van der Waals surface area contributed by atoms with E-state index in [1.54, 1.807) is 30.4 Å². The molecule has 1 aromatic heterocycles. The molecular formula is C24H27N3O3S2. The molecule has 1 amide bonds. The Bertz CT molecular complexity index is 1210. The van der Waals surface area contributed by atoms with Gasteiger partial charge in [-0.3, -0.25) is 4.79 Å². The predicted molar refractivity (Wildman–Crippen MR) is 127 cm³/mol. The van der Waals surface area contributed by atoms with Gasteiger partial charge in [-0.15, -0.1) is 11.3 Å². The minimum absolute atomic E-state index is 0.241. The first-order valence-electron chi connectivity index (χ1n) is 10.7. The number of sulfonamides is 1. The lowest BCUT2D eigenvalue weighted by Gasteiger charge is -2.24. The summed E-state index contributed by atoms with van der Waals surface area (Å²) in [4.78, 5) is 17.8. The molecule has 1 fully saturated rings. The van der Waals surface area contributed by atoms with Crippen LogP contribution in [0.4, 0.5) is 0 Å². The number of carbonyl (C=O) groups is 1. The van der Waals surface area contributed by atoms with E-state index in [0.717, 1.165) is 21.8 Å². The Balaban J connectivity index is 1.38. The van der Waals surface area contributed by atoms with Crippen molar-refractivity contribution >= 4 is 27.3 Å². The number of benzene rings is 2. The lowest BCUT2D eigenvalue weighted by molar-refractivity contribution is -0.124. The second kappa shape index (κ2) is 9.52. The quantitative estimate of drug-likeness (QED) is 0.568. The molecule has 8 heteroatoms. The first-order chi connectivity index (χ1) is 15.4. The molecular weight excluding hydrogens is 442 g/mol. The van der Waals surface area contributed by atoms with Crippen LogP contribution in [0.2, 0.25) is 0 Å². The van der Waals surface area contributed by atoms with E-state index in [0.29, 0.717) is 37.9 Å². The first kappa shape index (κ1) is 22.6. The highest BCUT2D eigenvalue weighted by Gasteiger charge is 2.39. The van der Waals surface area contributed by atoms with Crippen LogP contribution in [-0.4, -0.2) is 42.7 Å². The molecule has 3 aromatic rings. The fourth-order valence-corrected chi connectivity index (χ4v) is 6.80. The van der Waals surface area contributed by atoms with E-state index in [1.165, 1.54) is 4.31 Å². The van der Waals surface area contributed by atoms with Crippen molar-refractivity contribution < 1.29 is 13.2 Å². The van der Waals surface area contributed by atoms with E-state index in [9.17, 15) is 13.2 Å². The normalized spacial score (nSPS) is 16.9. The first-order valence-corrected chi connectivity index (χ1v) is 13.0. The molecule has 0 saturated carbocycles. The topological polar surface area (TPSA) is 79.4 Å². The van der Waals surface area contributed by atoms with Gasteiger partial charge in [0.15, 0.2) is 0 Å². The van der Waals surface area contributed by atoms with Crippen LogP contribution in [0, 0.1) is 13.8 Å². The van der Waals surface area contributed by atoms with Crippen LogP contribution in [0.1, 0.15) is 29.7 Å². The van der Waals surface area contributed by atoms with Gasteiger partial charge in [0, 0.05) is 30.5 Å². The van der Waals surface area contributed by atoms with Gasteiger partial charge in [0.05, 0.1) is 10.6 Å². The largest absolute Gasteiger partial charge is 0.354 e. The molecule has 2 heterocycles. The highest BCUT2D eigenvalue weighted by atomic mass is 32.2. The Morgan fingerprint density at radius 2 is 1.97 bits per heavy atom. The predicted octanol–water partition coefficient (Wildman–Crippen LogP) is 3.94. The minimum Gasteiger partial charge on any atom is -0.354 e. The number of nitrogens with one attached hydrogen (secondary N) is 1. The Labute approximate surface area is 193 Å². The van der Waals surface area contributed by atoms with Crippen LogP contribution in [0.3, 0.4) is 0 Å². The van der Waals surface area contributed by atoms with E-state index in [-0.39, 0.29) is 10.8 Å². The Hall–Kier alpha value is -2.55. The lowest BCUT2D eigenvalue weighted by Crippen LogP contribution is -2.46. The summed E-state index contributed by atoms with van der Waals surface area (Å²) in [5.74, 6) is -0.241. The third-order valence-electron chi connectivity index (χ3n) is 5.68. The van der Waals surface area contributed by atoms with E-state index in [4.69, 9.17) is 0 Å². The maximum Gasteiger partial charge on any atom is 0.244 e. The molecule has 0 radical (unpaired) electrons. The number of aryl methyl sites for hydroxylation is 2. The van der Waals surface area contributed by atoms with Gasteiger partial charge in [0.1, 0.15) is 11.0 Å². The molecule has 6 nitrogen and oxygen atoms in total. The number of thiazole rings is 1. The number of aromatic nitrogens is 1. The second-order valence-corrected chi connectivity index (χ2v) is 10.8. The van der Waals surface area contributed by atoms with Crippen molar-refractivity contribution in [3.05, 3.63) is 70.7 Å². The number of hydrogen-bond acceptors (Lipinski definition) is 5. The standard InChI is InChI=1S/C24H27N3O3S2/c1-17-10-11-22(18(2)15-17)32(29,30)27-14-6-9-21(27)23(28)25-13-12-20-16-31-24(26-20)19-7-4-3-5-8-19/h3-5,7-8,10-11,15-16,21H,6,9,12-14H2,1-2H3,(H,25,28)/t21-/m1/s1. The molecule has 32 heavy (non-hydrogen) atoms. The van der Waals surface area contributed by atoms with Crippen LogP contribution in [0.5, 0.6) is 0 Å². The average Bonchev–Trinajstić information content (AvgIpc) is 3.44. The summed E-state index contributed by atoms with van der Waals surface area (Å²) in [7, 11) is -3.72. The summed E-state index contributed by atoms with van der Waals surface area (Å²) in [6.07, 6.45) is 1.81. The van der Waals surface area contributed by atoms with Crippen LogP contribution >= 0.6 is 11.3 Å². The van der Waals surface area contributed by atoms with Gasteiger partial charge in [-0.25, -0.2) is 13.4 Å². The summed E-state index contributed by atoms with van der Waals surface area (Å²) in [5.41, 5.74) is 3.70. The molecule has 1 saturated heterocycles. The van der Waals surface area contributed by atoms with Crippen LogP contribution < -0.4 is 5.32 Å².